The van der Waals surface area contributed by atoms with Gasteiger partial charge in [0, 0.05) is 31.3 Å². The van der Waals surface area contributed by atoms with Gasteiger partial charge in [-0.3, -0.25) is 9.78 Å². The lowest BCUT2D eigenvalue weighted by Crippen LogP contribution is -2.30. The van der Waals surface area contributed by atoms with E-state index in [0.717, 1.165) is 12.1 Å². The SMILES string of the molecule is COC1CCN(C(=O)c2cc(C)nc3ccc(F)cc23)C1. The van der Waals surface area contributed by atoms with Crippen LogP contribution >= 0.6 is 0 Å². The Balaban J connectivity index is 2.03. The highest BCUT2D eigenvalue weighted by Crippen LogP contribution is 2.23. The standard InChI is InChI=1S/C16H17FN2O2/c1-10-7-14(13-8-11(17)3-4-15(13)18-10)16(20)19-6-5-12(9-19)21-2/h3-4,7-8,12H,5-6,9H2,1-2H3. The van der Waals surface area contributed by atoms with Crippen LogP contribution in [0.25, 0.3) is 10.9 Å². The van der Waals surface area contributed by atoms with Crippen LogP contribution in [0.3, 0.4) is 0 Å². The number of nitrogens with zero attached hydrogens (tertiary/aromatic N) is 2. The number of likely N-dealkylation sites (tertiary alicyclic amines) is 1. The minimum atomic E-state index is -0.363. The molecule has 4 nitrogen and oxygen atoms in total. The monoisotopic (exact) mass is 288 g/mol. The summed E-state index contributed by atoms with van der Waals surface area (Å²) in [5.41, 5.74) is 1.90. The van der Waals surface area contributed by atoms with E-state index in [2.05, 4.69) is 4.98 Å². The van der Waals surface area contributed by atoms with Gasteiger partial charge in [-0.05, 0) is 37.6 Å². The lowest BCUT2D eigenvalue weighted by Gasteiger charge is -2.17. The molecule has 1 aliphatic rings. The van der Waals surface area contributed by atoms with Crippen molar-refractivity contribution in [3.63, 3.8) is 0 Å². The first-order chi connectivity index (χ1) is 10.1. The highest BCUT2D eigenvalue weighted by Gasteiger charge is 2.28. The number of aromatic nitrogens is 1. The summed E-state index contributed by atoms with van der Waals surface area (Å²) >= 11 is 0. The molecule has 2 heterocycles. The molecule has 110 valence electrons. The van der Waals surface area contributed by atoms with Crippen molar-refractivity contribution in [3.8, 4) is 0 Å². The average molecular weight is 288 g/mol. The first-order valence-corrected chi connectivity index (χ1v) is 6.97. The summed E-state index contributed by atoms with van der Waals surface area (Å²) in [4.78, 5) is 18.8. The second-order valence-electron chi connectivity index (χ2n) is 5.37. The van der Waals surface area contributed by atoms with Gasteiger partial charge < -0.3 is 9.64 Å². The van der Waals surface area contributed by atoms with Crippen LogP contribution in [0.4, 0.5) is 4.39 Å². The first-order valence-electron chi connectivity index (χ1n) is 6.97. The van der Waals surface area contributed by atoms with Crippen LogP contribution in [-0.4, -0.2) is 42.1 Å². The lowest BCUT2D eigenvalue weighted by molar-refractivity contribution is 0.0726. The zero-order valence-electron chi connectivity index (χ0n) is 12.1. The summed E-state index contributed by atoms with van der Waals surface area (Å²) < 4.78 is 18.8. The number of carbonyl (C=O) groups excluding carboxylic acids is 1. The summed E-state index contributed by atoms with van der Waals surface area (Å²) in [6, 6.07) is 6.07. The van der Waals surface area contributed by atoms with Gasteiger partial charge in [0.2, 0.25) is 0 Å². The molecule has 0 bridgehead atoms. The number of fused-ring (bicyclic) bond motifs is 1. The van der Waals surface area contributed by atoms with E-state index >= 15 is 0 Å². The third kappa shape index (κ3) is 2.61. The molecule has 1 saturated heterocycles. The number of aryl methyl sites for hydroxylation is 1. The zero-order valence-corrected chi connectivity index (χ0v) is 12.1. The maximum absolute atomic E-state index is 13.5. The van der Waals surface area contributed by atoms with Crippen molar-refractivity contribution in [2.45, 2.75) is 19.4 Å². The topological polar surface area (TPSA) is 42.4 Å². The van der Waals surface area contributed by atoms with E-state index in [9.17, 15) is 9.18 Å². The number of benzene rings is 1. The van der Waals surface area contributed by atoms with Gasteiger partial charge in [-0.15, -0.1) is 0 Å². The molecule has 0 radical (unpaired) electrons. The van der Waals surface area contributed by atoms with Gasteiger partial charge in [-0.2, -0.15) is 0 Å². The minimum Gasteiger partial charge on any atom is -0.380 e. The van der Waals surface area contributed by atoms with Gasteiger partial charge in [0.05, 0.1) is 17.2 Å². The number of hydrogen-bond acceptors (Lipinski definition) is 3. The second kappa shape index (κ2) is 5.41. The third-order valence-electron chi connectivity index (χ3n) is 3.89. The Kier molecular flexibility index (Phi) is 3.59. The predicted molar refractivity (Wildman–Crippen MR) is 77.8 cm³/mol. The van der Waals surface area contributed by atoms with E-state index in [1.54, 1.807) is 24.1 Å². The number of halogens is 1. The van der Waals surface area contributed by atoms with Gasteiger partial charge in [-0.25, -0.2) is 4.39 Å². The summed E-state index contributed by atoms with van der Waals surface area (Å²) in [6.45, 7) is 3.07. The van der Waals surface area contributed by atoms with Gasteiger partial charge >= 0.3 is 0 Å². The molecule has 21 heavy (non-hydrogen) atoms. The molecule has 5 heteroatoms. The van der Waals surface area contributed by atoms with E-state index in [4.69, 9.17) is 4.74 Å². The van der Waals surface area contributed by atoms with Gasteiger partial charge in [0.25, 0.3) is 5.91 Å². The fourth-order valence-electron chi connectivity index (χ4n) is 2.78. The number of ether oxygens (including phenoxy) is 1. The van der Waals surface area contributed by atoms with Crippen LogP contribution in [0.15, 0.2) is 24.3 Å². The van der Waals surface area contributed by atoms with E-state index in [-0.39, 0.29) is 17.8 Å². The average Bonchev–Trinajstić information content (AvgIpc) is 2.95. The number of pyridine rings is 1. The largest absolute Gasteiger partial charge is 0.380 e. The van der Waals surface area contributed by atoms with E-state index in [1.165, 1.54) is 12.1 Å². The molecule has 3 rings (SSSR count). The molecule has 0 aliphatic carbocycles. The van der Waals surface area contributed by atoms with Crippen LogP contribution in [0.2, 0.25) is 0 Å². The van der Waals surface area contributed by atoms with Crippen LogP contribution < -0.4 is 0 Å². The first kappa shape index (κ1) is 13.9. The quantitative estimate of drug-likeness (QED) is 0.853. The summed E-state index contributed by atoms with van der Waals surface area (Å²) in [5, 5.41) is 0.562. The van der Waals surface area contributed by atoms with Crippen LogP contribution in [0.1, 0.15) is 22.5 Å². The number of amides is 1. The highest BCUT2D eigenvalue weighted by atomic mass is 19.1. The zero-order chi connectivity index (χ0) is 15.0. The second-order valence-corrected chi connectivity index (χ2v) is 5.37. The maximum atomic E-state index is 13.5. The normalized spacial score (nSPS) is 18.4. The summed E-state index contributed by atoms with van der Waals surface area (Å²) in [6.07, 6.45) is 0.915. The molecule has 1 atom stereocenters. The molecular weight excluding hydrogens is 271 g/mol. The Labute approximate surface area is 122 Å². The fraction of sp³-hybridized carbons (Fsp3) is 0.375. The summed E-state index contributed by atoms with van der Waals surface area (Å²) in [7, 11) is 1.65. The molecule has 1 unspecified atom stereocenters. The number of hydrogen-bond donors (Lipinski definition) is 0. The Morgan fingerprint density at radius 2 is 2.24 bits per heavy atom. The van der Waals surface area contributed by atoms with E-state index in [1.807, 2.05) is 6.92 Å². The lowest BCUT2D eigenvalue weighted by atomic mass is 10.1. The molecule has 2 aromatic rings. The van der Waals surface area contributed by atoms with Crippen molar-refractivity contribution in [2.24, 2.45) is 0 Å². The highest BCUT2D eigenvalue weighted by molar-refractivity contribution is 6.06. The molecule has 1 aromatic carbocycles. The van der Waals surface area contributed by atoms with Crippen molar-refractivity contribution in [1.82, 2.24) is 9.88 Å². The van der Waals surface area contributed by atoms with Crippen LogP contribution in [-0.2, 0) is 4.74 Å². The molecule has 0 N–H and O–H groups in total. The van der Waals surface area contributed by atoms with Gasteiger partial charge in [0.1, 0.15) is 5.82 Å². The minimum absolute atomic E-state index is 0.0832. The predicted octanol–water partition coefficient (Wildman–Crippen LogP) is 2.54. The van der Waals surface area contributed by atoms with Crippen molar-refractivity contribution in [2.75, 3.05) is 20.2 Å². The molecule has 1 aromatic heterocycles. The molecule has 1 aliphatic heterocycles. The van der Waals surface area contributed by atoms with Crippen LogP contribution in [0.5, 0.6) is 0 Å². The molecule has 0 spiro atoms. The smallest absolute Gasteiger partial charge is 0.254 e. The third-order valence-corrected chi connectivity index (χ3v) is 3.89. The summed E-state index contributed by atoms with van der Waals surface area (Å²) in [5.74, 6) is -0.450. The van der Waals surface area contributed by atoms with Gasteiger partial charge in [-0.1, -0.05) is 0 Å². The maximum Gasteiger partial charge on any atom is 0.254 e. The number of methoxy groups -OCH3 is 1. The molecular formula is C16H17FN2O2. The Morgan fingerprint density at radius 3 is 2.95 bits per heavy atom. The number of rotatable bonds is 2. The van der Waals surface area contributed by atoms with Crippen molar-refractivity contribution >= 4 is 16.8 Å². The Bertz CT molecular complexity index is 702. The van der Waals surface area contributed by atoms with E-state index < -0.39 is 0 Å². The Morgan fingerprint density at radius 1 is 1.43 bits per heavy atom. The Hall–Kier alpha value is -2.01. The van der Waals surface area contributed by atoms with Crippen molar-refractivity contribution < 1.29 is 13.9 Å². The number of carbonyl (C=O) groups is 1. The van der Waals surface area contributed by atoms with Crippen molar-refractivity contribution in [3.05, 3.63) is 41.3 Å². The van der Waals surface area contributed by atoms with E-state index in [0.29, 0.717) is 29.6 Å². The molecule has 1 amide bonds. The van der Waals surface area contributed by atoms with Gasteiger partial charge in [0.15, 0.2) is 0 Å². The van der Waals surface area contributed by atoms with Crippen molar-refractivity contribution in [1.29, 1.82) is 0 Å². The van der Waals surface area contributed by atoms with Crippen LogP contribution in [0, 0.1) is 12.7 Å². The molecule has 1 fully saturated rings. The fourth-order valence-corrected chi connectivity index (χ4v) is 2.78. The molecule has 0 saturated carbocycles.